The van der Waals surface area contributed by atoms with Crippen LogP contribution in [0.25, 0.3) is 5.69 Å². The highest BCUT2D eigenvalue weighted by atomic mass is 16.5. The van der Waals surface area contributed by atoms with Gasteiger partial charge in [0, 0.05) is 44.1 Å². The minimum Gasteiger partial charge on any atom is -0.493 e. The molecule has 1 aliphatic heterocycles. The van der Waals surface area contributed by atoms with E-state index in [1.54, 1.807) is 10.9 Å². The normalized spacial score (nSPS) is 15.3. The fourth-order valence-corrected chi connectivity index (χ4v) is 3.75. The number of carbonyl (C=O) groups excluding carboxylic acids is 1. The summed E-state index contributed by atoms with van der Waals surface area (Å²) in [6.45, 7) is 2.33. The summed E-state index contributed by atoms with van der Waals surface area (Å²) in [6.07, 6.45) is 11.5. The molecule has 32 heavy (non-hydrogen) atoms. The zero-order valence-corrected chi connectivity index (χ0v) is 18.0. The number of benzene rings is 2. The van der Waals surface area contributed by atoms with Crippen LogP contribution in [0.1, 0.15) is 35.2 Å². The third kappa shape index (κ3) is 5.57. The standard InChI is InChI=1S/C26H27N3O3/c1-2-3-17-31-24-13-7-21(8-14-24)19-28(20-25-6-4-18-32-25)26(30)22-9-11-23(12-10-22)29-16-5-15-27-29/h1,5,7-16,25H,3-4,6,17-20H2. The van der Waals surface area contributed by atoms with E-state index in [1.807, 2.05) is 65.7 Å². The number of rotatable bonds is 9. The van der Waals surface area contributed by atoms with Crippen molar-refractivity contribution in [3.8, 4) is 23.8 Å². The van der Waals surface area contributed by atoms with Gasteiger partial charge in [0.1, 0.15) is 5.75 Å². The summed E-state index contributed by atoms with van der Waals surface area (Å²) in [5.74, 6) is 3.32. The van der Waals surface area contributed by atoms with E-state index in [-0.39, 0.29) is 12.0 Å². The van der Waals surface area contributed by atoms with Crippen molar-refractivity contribution in [2.75, 3.05) is 19.8 Å². The van der Waals surface area contributed by atoms with Crippen molar-refractivity contribution in [2.45, 2.75) is 31.9 Å². The number of terminal acetylenes is 1. The summed E-state index contributed by atoms with van der Waals surface area (Å²) in [5, 5.41) is 4.24. The van der Waals surface area contributed by atoms with Crippen LogP contribution in [0.2, 0.25) is 0 Å². The highest BCUT2D eigenvalue weighted by Gasteiger charge is 2.24. The van der Waals surface area contributed by atoms with Gasteiger partial charge < -0.3 is 14.4 Å². The first-order chi connectivity index (χ1) is 15.7. The van der Waals surface area contributed by atoms with Gasteiger partial charge in [-0.25, -0.2) is 4.68 Å². The maximum absolute atomic E-state index is 13.4. The Hall–Kier alpha value is -3.56. The predicted octanol–water partition coefficient (Wildman–Crippen LogP) is 4.10. The molecule has 3 aromatic rings. The molecular formula is C26H27N3O3. The first-order valence-corrected chi connectivity index (χ1v) is 10.9. The van der Waals surface area contributed by atoms with E-state index < -0.39 is 0 Å². The molecule has 1 atom stereocenters. The molecule has 0 saturated carbocycles. The summed E-state index contributed by atoms with van der Waals surface area (Å²) in [7, 11) is 0. The summed E-state index contributed by atoms with van der Waals surface area (Å²) in [5.41, 5.74) is 2.60. The summed E-state index contributed by atoms with van der Waals surface area (Å²) in [6, 6.07) is 17.2. The number of hydrogen-bond donors (Lipinski definition) is 0. The van der Waals surface area contributed by atoms with Gasteiger partial charge in [0.2, 0.25) is 0 Å². The molecule has 6 heteroatoms. The van der Waals surface area contributed by atoms with E-state index >= 15 is 0 Å². The first kappa shape index (κ1) is 21.7. The van der Waals surface area contributed by atoms with Crippen LogP contribution in [0.3, 0.4) is 0 Å². The van der Waals surface area contributed by atoms with E-state index in [0.717, 1.165) is 36.4 Å². The van der Waals surface area contributed by atoms with Gasteiger partial charge in [-0.15, -0.1) is 12.3 Å². The largest absolute Gasteiger partial charge is 0.493 e. The van der Waals surface area contributed by atoms with Gasteiger partial charge in [0.15, 0.2) is 0 Å². The summed E-state index contributed by atoms with van der Waals surface area (Å²) in [4.78, 5) is 15.2. The van der Waals surface area contributed by atoms with Crippen LogP contribution in [0.5, 0.6) is 5.75 Å². The summed E-state index contributed by atoms with van der Waals surface area (Å²) < 4.78 is 13.2. The van der Waals surface area contributed by atoms with Gasteiger partial charge >= 0.3 is 0 Å². The van der Waals surface area contributed by atoms with E-state index in [2.05, 4.69) is 11.0 Å². The SMILES string of the molecule is C#CCCOc1ccc(CN(CC2CCCO2)C(=O)c2ccc(-n3cccn3)cc2)cc1. The van der Waals surface area contributed by atoms with Crippen molar-refractivity contribution in [3.05, 3.63) is 78.1 Å². The smallest absolute Gasteiger partial charge is 0.254 e. The lowest BCUT2D eigenvalue weighted by Gasteiger charge is -2.26. The second-order valence-corrected chi connectivity index (χ2v) is 7.76. The van der Waals surface area contributed by atoms with E-state index in [0.29, 0.717) is 31.7 Å². The van der Waals surface area contributed by atoms with Gasteiger partial charge in [-0.1, -0.05) is 12.1 Å². The van der Waals surface area contributed by atoms with Gasteiger partial charge in [0.05, 0.1) is 18.4 Å². The maximum Gasteiger partial charge on any atom is 0.254 e. The van der Waals surface area contributed by atoms with E-state index in [4.69, 9.17) is 15.9 Å². The molecule has 2 aromatic carbocycles. The molecule has 0 spiro atoms. The molecule has 0 aliphatic carbocycles. The van der Waals surface area contributed by atoms with Crippen LogP contribution in [-0.2, 0) is 11.3 Å². The maximum atomic E-state index is 13.4. The van der Waals surface area contributed by atoms with E-state index in [9.17, 15) is 4.79 Å². The molecule has 1 amide bonds. The third-order valence-electron chi connectivity index (χ3n) is 5.43. The first-order valence-electron chi connectivity index (χ1n) is 10.9. The Morgan fingerprint density at radius 3 is 2.69 bits per heavy atom. The van der Waals surface area contributed by atoms with Crippen molar-refractivity contribution < 1.29 is 14.3 Å². The van der Waals surface area contributed by atoms with Crippen molar-refractivity contribution in [2.24, 2.45) is 0 Å². The van der Waals surface area contributed by atoms with Gasteiger partial charge in [-0.2, -0.15) is 5.10 Å². The molecule has 164 valence electrons. The predicted molar refractivity (Wildman–Crippen MR) is 123 cm³/mol. The quantitative estimate of drug-likeness (QED) is 0.380. The molecular weight excluding hydrogens is 402 g/mol. The number of amides is 1. The number of hydrogen-bond acceptors (Lipinski definition) is 4. The molecule has 1 saturated heterocycles. The van der Waals surface area contributed by atoms with Crippen LogP contribution >= 0.6 is 0 Å². The Kier molecular flexibility index (Phi) is 7.21. The number of ether oxygens (including phenoxy) is 2. The topological polar surface area (TPSA) is 56.6 Å². The summed E-state index contributed by atoms with van der Waals surface area (Å²) >= 11 is 0. The van der Waals surface area contributed by atoms with Crippen LogP contribution in [0, 0.1) is 12.3 Å². The van der Waals surface area contributed by atoms with Crippen LogP contribution in [0.4, 0.5) is 0 Å². The molecule has 1 aliphatic rings. The Morgan fingerprint density at radius 2 is 2.03 bits per heavy atom. The second kappa shape index (κ2) is 10.7. The van der Waals surface area contributed by atoms with E-state index in [1.165, 1.54) is 0 Å². The monoisotopic (exact) mass is 429 g/mol. The Bertz CT molecular complexity index is 1030. The molecule has 6 nitrogen and oxygen atoms in total. The Labute approximate surface area is 188 Å². The highest BCUT2D eigenvalue weighted by molar-refractivity contribution is 5.94. The Balaban J connectivity index is 1.47. The zero-order valence-electron chi connectivity index (χ0n) is 18.0. The fourth-order valence-electron chi connectivity index (χ4n) is 3.75. The molecule has 1 aromatic heterocycles. The van der Waals surface area contributed by atoms with Crippen LogP contribution in [0.15, 0.2) is 67.0 Å². The number of nitrogens with zero attached hydrogens (tertiary/aromatic N) is 3. The third-order valence-corrected chi connectivity index (χ3v) is 5.43. The zero-order chi connectivity index (χ0) is 22.2. The molecule has 2 heterocycles. The lowest BCUT2D eigenvalue weighted by Crippen LogP contribution is -2.37. The highest BCUT2D eigenvalue weighted by Crippen LogP contribution is 2.20. The molecule has 1 unspecified atom stereocenters. The lowest BCUT2D eigenvalue weighted by atomic mass is 10.1. The van der Waals surface area contributed by atoms with Crippen molar-refractivity contribution >= 4 is 5.91 Å². The Morgan fingerprint density at radius 1 is 1.22 bits per heavy atom. The average Bonchev–Trinajstić information content (AvgIpc) is 3.54. The number of carbonyl (C=O) groups is 1. The second-order valence-electron chi connectivity index (χ2n) is 7.76. The van der Waals surface area contributed by atoms with Gasteiger partial charge in [-0.3, -0.25) is 4.79 Å². The van der Waals surface area contributed by atoms with Gasteiger partial charge in [-0.05, 0) is 60.9 Å². The van der Waals surface area contributed by atoms with Gasteiger partial charge in [0.25, 0.3) is 5.91 Å². The van der Waals surface area contributed by atoms with Crippen molar-refractivity contribution in [3.63, 3.8) is 0 Å². The van der Waals surface area contributed by atoms with Crippen LogP contribution in [-0.4, -0.2) is 46.5 Å². The lowest BCUT2D eigenvalue weighted by molar-refractivity contribution is 0.0507. The fraction of sp³-hybridized carbons (Fsp3) is 0.308. The van der Waals surface area contributed by atoms with Crippen molar-refractivity contribution in [1.29, 1.82) is 0 Å². The molecule has 4 rings (SSSR count). The number of aromatic nitrogens is 2. The minimum atomic E-state index is -0.0122. The minimum absolute atomic E-state index is 0.0122. The average molecular weight is 430 g/mol. The molecule has 0 bridgehead atoms. The van der Waals surface area contributed by atoms with Crippen LogP contribution < -0.4 is 4.74 Å². The molecule has 1 fully saturated rings. The molecule has 0 radical (unpaired) electrons. The van der Waals surface area contributed by atoms with Crippen molar-refractivity contribution in [1.82, 2.24) is 14.7 Å². The molecule has 0 N–H and O–H groups in total.